The summed E-state index contributed by atoms with van der Waals surface area (Å²) in [6.07, 6.45) is 3.61. The summed E-state index contributed by atoms with van der Waals surface area (Å²) in [6, 6.07) is 2.05. The van der Waals surface area contributed by atoms with E-state index in [-0.39, 0.29) is 23.6 Å². The molecule has 0 bridgehead atoms. The number of ketones is 2. The van der Waals surface area contributed by atoms with Gasteiger partial charge in [-0.3, -0.25) is 9.59 Å². The van der Waals surface area contributed by atoms with Crippen molar-refractivity contribution < 1.29 is 19.1 Å². The minimum absolute atomic E-state index is 0.127. The van der Waals surface area contributed by atoms with Crippen LogP contribution in [0.4, 0.5) is 5.69 Å². The fraction of sp³-hybridized carbons (Fsp3) is 0.562. The van der Waals surface area contributed by atoms with Gasteiger partial charge in [-0.05, 0) is 37.1 Å². The topological polar surface area (TPSA) is 72.5 Å². The van der Waals surface area contributed by atoms with Crippen LogP contribution in [0.5, 0.6) is 0 Å². The molecule has 2 fully saturated rings. The highest BCUT2D eigenvalue weighted by atomic mass is 32.1. The minimum Gasteiger partial charge on any atom is -0.465 e. The third kappa shape index (κ3) is 2.45. The van der Waals surface area contributed by atoms with Gasteiger partial charge < -0.3 is 10.1 Å². The predicted octanol–water partition coefficient (Wildman–Crippen LogP) is 2.81. The molecular weight excluding hydrogens is 302 g/mol. The smallest absolute Gasteiger partial charge is 0.350 e. The van der Waals surface area contributed by atoms with E-state index in [1.165, 1.54) is 18.4 Å². The average molecular weight is 321 g/mol. The SMILES string of the molecule is COC(=O)c1sccc1NC1CCC2(CC1)C(=O)CCC2=O. The Labute approximate surface area is 133 Å². The molecule has 1 heterocycles. The van der Waals surface area contributed by atoms with Gasteiger partial charge in [-0.25, -0.2) is 4.79 Å². The van der Waals surface area contributed by atoms with Gasteiger partial charge in [0, 0.05) is 18.9 Å². The zero-order chi connectivity index (χ0) is 15.7. The molecule has 0 aromatic carbocycles. The summed E-state index contributed by atoms with van der Waals surface area (Å²) in [6.45, 7) is 0. The highest BCUT2D eigenvalue weighted by Crippen LogP contribution is 2.44. The van der Waals surface area contributed by atoms with E-state index in [1.807, 2.05) is 11.4 Å². The van der Waals surface area contributed by atoms with E-state index in [1.54, 1.807) is 0 Å². The van der Waals surface area contributed by atoms with E-state index in [9.17, 15) is 14.4 Å². The lowest BCUT2D eigenvalue weighted by atomic mass is 9.70. The maximum atomic E-state index is 12.1. The van der Waals surface area contributed by atoms with Crippen molar-refractivity contribution in [1.29, 1.82) is 0 Å². The Morgan fingerprint density at radius 1 is 1.27 bits per heavy atom. The first-order valence-electron chi connectivity index (χ1n) is 7.56. The molecule has 2 aliphatic rings. The molecular formula is C16H19NO4S. The highest BCUT2D eigenvalue weighted by Gasteiger charge is 2.50. The van der Waals surface area contributed by atoms with Crippen molar-refractivity contribution in [2.45, 2.75) is 44.6 Å². The Morgan fingerprint density at radius 3 is 2.50 bits per heavy atom. The van der Waals surface area contributed by atoms with Crippen molar-refractivity contribution in [2.24, 2.45) is 5.41 Å². The van der Waals surface area contributed by atoms with E-state index in [2.05, 4.69) is 5.32 Å². The summed E-state index contributed by atoms with van der Waals surface area (Å²) in [5.74, 6) is -0.0885. The number of esters is 1. The van der Waals surface area contributed by atoms with Gasteiger partial charge in [-0.1, -0.05) is 0 Å². The molecule has 0 amide bonds. The quantitative estimate of drug-likeness (QED) is 0.684. The number of ether oxygens (including phenoxy) is 1. The van der Waals surface area contributed by atoms with Crippen molar-refractivity contribution in [3.63, 3.8) is 0 Å². The minimum atomic E-state index is -0.696. The molecule has 3 rings (SSSR count). The molecule has 1 spiro atoms. The lowest BCUT2D eigenvalue weighted by Gasteiger charge is -2.35. The van der Waals surface area contributed by atoms with Crippen LogP contribution in [0.3, 0.4) is 0 Å². The summed E-state index contributed by atoms with van der Waals surface area (Å²) in [4.78, 5) is 36.4. The Morgan fingerprint density at radius 2 is 1.91 bits per heavy atom. The lowest BCUT2D eigenvalue weighted by Crippen LogP contribution is -2.40. The highest BCUT2D eigenvalue weighted by molar-refractivity contribution is 7.12. The molecule has 1 aromatic rings. The van der Waals surface area contributed by atoms with Gasteiger partial charge in [-0.15, -0.1) is 11.3 Å². The van der Waals surface area contributed by atoms with Crippen LogP contribution >= 0.6 is 11.3 Å². The molecule has 0 aliphatic heterocycles. The maximum absolute atomic E-state index is 12.1. The molecule has 1 N–H and O–H groups in total. The summed E-state index contributed by atoms with van der Waals surface area (Å²) >= 11 is 1.35. The number of rotatable bonds is 3. The first-order valence-corrected chi connectivity index (χ1v) is 8.44. The second-order valence-electron chi connectivity index (χ2n) is 6.00. The van der Waals surface area contributed by atoms with Crippen LogP contribution in [-0.4, -0.2) is 30.7 Å². The zero-order valence-corrected chi connectivity index (χ0v) is 13.3. The number of thiophene rings is 1. The average Bonchev–Trinajstić information content (AvgIpc) is 3.09. The molecule has 2 saturated carbocycles. The Balaban J connectivity index is 1.66. The molecule has 0 unspecified atom stereocenters. The number of anilines is 1. The lowest BCUT2D eigenvalue weighted by molar-refractivity contribution is -0.137. The molecule has 5 nitrogen and oxygen atoms in total. The molecule has 22 heavy (non-hydrogen) atoms. The van der Waals surface area contributed by atoms with Gasteiger partial charge in [0.2, 0.25) is 0 Å². The number of nitrogens with one attached hydrogen (secondary N) is 1. The summed E-state index contributed by atoms with van der Waals surface area (Å²) in [5, 5.41) is 5.22. The first kappa shape index (κ1) is 15.2. The number of methoxy groups -OCH3 is 1. The summed E-state index contributed by atoms with van der Waals surface area (Å²) in [7, 11) is 1.37. The van der Waals surface area contributed by atoms with E-state index < -0.39 is 5.41 Å². The van der Waals surface area contributed by atoms with Crippen molar-refractivity contribution in [3.8, 4) is 0 Å². The predicted molar refractivity (Wildman–Crippen MR) is 83.2 cm³/mol. The Kier molecular flexibility index (Phi) is 4.04. The maximum Gasteiger partial charge on any atom is 0.350 e. The molecule has 118 valence electrons. The third-order valence-corrected chi connectivity index (χ3v) is 5.78. The number of Topliss-reactive ketones (excluding diaryl/α,β-unsaturated/α-hetero) is 2. The van der Waals surface area contributed by atoms with Gasteiger partial charge >= 0.3 is 5.97 Å². The van der Waals surface area contributed by atoms with Gasteiger partial charge in [0.25, 0.3) is 0 Å². The number of carbonyl (C=O) groups is 3. The molecule has 0 atom stereocenters. The van der Waals surface area contributed by atoms with Crippen molar-refractivity contribution >= 4 is 34.6 Å². The van der Waals surface area contributed by atoms with Crippen molar-refractivity contribution in [2.75, 3.05) is 12.4 Å². The second-order valence-corrected chi connectivity index (χ2v) is 6.92. The van der Waals surface area contributed by atoms with Crippen LogP contribution in [0.1, 0.15) is 48.2 Å². The fourth-order valence-corrected chi connectivity index (χ4v) is 4.34. The van der Waals surface area contributed by atoms with Crippen LogP contribution in [0.15, 0.2) is 11.4 Å². The van der Waals surface area contributed by atoms with E-state index >= 15 is 0 Å². The van der Waals surface area contributed by atoms with Crippen LogP contribution in [-0.2, 0) is 14.3 Å². The van der Waals surface area contributed by atoms with Crippen LogP contribution < -0.4 is 5.32 Å². The third-order valence-electron chi connectivity index (χ3n) is 4.88. The number of hydrogen-bond acceptors (Lipinski definition) is 6. The second kappa shape index (κ2) is 5.83. The van der Waals surface area contributed by atoms with Gasteiger partial charge in [0.1, 0.15) is 16.4 Å². The summed E-state index contributed by atoms with van der Waals surface area (Å²) in [5.41, 5.74) is 0.0831. The summed E-state index contributed by atoms with van der Waals surface area (Å²) < 4.78 is 4.77. The van der Waals surface area contributed by atoms with E-state index in [0.717, 1.165) is 18.5 Å². The van der Waals surface area contributed by atoms with Crippen molar-refractivity contribution in [3.05, 3.63) is 16.3 Å². The molecule has 1 aromatic heterocycles. The number of carbonyl (C=O) groups excluding carboxylic acids is 3. The largest absolute Gasteiger partial charge is 0.465 e. The monoisotopic (exact) mass is 321 g/mol. The normalized spacial score (nSPS) is 21.3. The zero-order valence-electron chi connectivity index (χ0n) is 12.5. The molecule has 2 aliphatic carbocycles. The van der Waals surface area contributed by atoms with Gasteiger partial charge in [0.05, 0.1) is 18.2 Å². The van der Waals surface area contributed by atoms with Gasteiger partial charge in [0.15, 0.2) is 0 Å². The van der Waals surface area contributed by atoms with Crippen LogP contribution in [0.2, 0.25) is 0 Å². The first-order chi connectivity index (χ1) is 10.6. The Hall–Kier alpha value is -1.69. The Bertz CT molecular complexity index is 595. The molecule has 6 heteroatoms. The van der Waals surface area contributed by atoms with E-state index in [4.69, 9.17) is 4.74 Å². The van der Waals surface area contributed by atoms with Crippen LogP contribution in [0, 0.1) is 5.41 Å². The molecule has 0 saturated heterocycles. The van der Waals surface area contributed by atoms with E-state index in [0.29, 0.717) is 30.6 Å². The van der Waals surface area contributed by atoms with Crippen LogP contribution in [0.25, 0.3) is 0 Å². The fourth-order valence-electron chi connectivity index (χ4n) is 3.57. The van der Waals surface area contributed by atoms with Crippen molar-refractivity contribution in [1.82, 2.24) is 0 Å². The number of hydrogen-bond donors (Lipinski definition) is 1. The standard InChI is InChI=1S/C16H19NO4S/c1-21-15(20)14-11(6-9-22-14)17-10-4-7-16(8-5-10)12(18)2-3-13(16)19/h6,9-10,17H,2-5,7-8H2,1H3. The molecule has 0 radical (unpaired) electrons. The van der Waals surface area contributed by atoms with Gasteiger partial charge in [-0.2, -0.15) is 0 Å².